The van der Waals surface area contributed by atoms with Crippen molar-refractivity contribution in [2.24, 2.45) is 0 Å². The largest absolute Gasteiger partial charge is 0.496 e. The Hall–Kier alpha value is -1.33. The molecular weight excluding hydrogens is 307 g/mol. The second-order valence-corrected chi connectivity index (χ2v) is 5.80. The molecule has 2 atom stereocenters. The Morgan fingerprint density at radius 2 is 2.18 bits per heavy atom. The standard InChI is InChI=1S/C16H23FN2O2.ClH/c1-11(13-10-12(17)6-7-14(13)21-3)19-15(20)16(2)8-4-5-9-18-16;/h6-7,10-11,18H,4-5,8-9H2,1-3H3,(H,19,20);1H. The summed E-state index contributed by atoms with van der Waals surface area (Å²) in [4.78, 5) is 12.5. The number of carbonyl (C=O) groups is 1. The van der Waals surface area contributed by atoms with E-state index in [2.05, 4.69) is 10.6 Å². The number of hydrogen-bond acceptors (Lipinski definition) is 3. The minimum Gasteiger partial charge on any atom is -0.496 e. The molecule has 124 valence electrons. The van der Waals surface area contributed by atoms with Gasteiger partial charge in [-0.1, -0.05) is 0 Å². The van der Waals surface area contributed by atoms with Crippen LogP contribution >= 0.6 is 12.4 Å². The van der Waals surface area contributed by atoms with Gasteiger partial charge in [0.2, 0.25) is 5.91 Å². The van der Waals surface area contributed by atoms with Crippen LogP contribution < -0.4 is 15.4 Å². The summed E-state index contributed by atoms with van der Waals surface area (Å²) in [5, 5.41) is 6.23. The van der Waals surface area contributed by atoms with Crippen LogP contribution in [0, 0.1) is 5.82 Å². The molecule has 1 aromatic carbocycles. The zero-order valence-corrected chi connectivity index (χ0v) is 14.1. The monoisotopic (exact) mass is 330 g/mol. The molecule has 1 heterocycles. The van der Waals surface area contributed by atoms with E-state index in [-0.39, 0.29) is 30.2 Å². The van der Waals surface area contributed by atoms with Crippen LogP contribution in [0.1, 0.15) is 44.7 Å². The van der Waals surface area contributed by atoms with E-state index in [1.165, 1.54) is 19.2 Å². The first-order valence-electron chi connectivity index (χ1n) is 7.36. The molecule has 1 amide bonds. The van der Waals surface area contributed by atoms with Crippen molar-refractivity contribution in [2.45, 2.75) is 44.7 Å². The SMILES string of the molecule is COc1ccc(F)cc1C(C)NC(=O)C1(C)CCCCN1.Cl. The molecule has 4 nitrogen and oxygen atoms in total. The molecular formula is C16H24ClFN2O2. The van der Waals surface area contributed by atoms with E-state index in [1.54, 1.807) is 6.07 Å². The molecule has 2 rings (SSSR count). The summed E-state index contributed by atoms with van der Waals surface area (Å²) in [6, 6.07) is 4.01. The smallest absolute Gasteiger partial charge is 0.240 e. The third-order valence-electron chi connectivity index (χ3n) is 4.13. The average Bonchev–Trinajstić information content (AvgIpc) is 2.47. The Morgan fingerprint density at radius 1 is 1.45 bits per heavy atom. The number of piperidine rings is 1. The molecule has 2 unspecified atom stereocenters. The van der Waals surface area contributed by atoms with E-state index >= 15 is 0 Å². The number of ether oxygens (including phenoxy) is 1. The molecule has 2 N–H and O–H groups in total. The highest BCUT2D eigenvalue weighted by Crippen LogP contribution is 2.27. The van der Waals surface area contributed by atoms with Crippen molar-refractivity contribution < 1.29 is 13.9 Å². The molecule has 1 aromatic rings. The third kappa shape index (κ3) is 4.11. The first-order chi connectivity index (χ1) is 9.96. The van der Waals surface area contributed by atoms with Gasteiger partial charge >= 0.3 is 0 Å². The summed E-state index contributed by atoms with van der Waals surface area (Å²) in [5.41, 5.74) is 0.0952. The van der Waals surface area contributed by atoms with Gasteiger partial charge in [-0.25, -0.2) is 4.39 Å². The van der Waals surface area contributed by atoms with E-state index in [0.717, 1.165) is 25.8 Å². The maximum absolute atomic E-state index is 13.4. The molecule has 0 aromatic heterocycles. The average molecular weight is 331 g/mol. The number of amides is 1. The Kier molecular flexibility index (Phi) is 6.63. The van der Waals surface area contributed by atoms with Gasteiger partial charge in [-0.2, -0.15) is 0 Å². The lowest BCUT2D eigenvalue weighted by atomic mass is 9.89. The number of methoxy groups -OCH3 is 1. The van der Waals surface area contributed by atoms with E-state index in [0.29, 0.717) is 11.3 Å². The normalized spacial score (nSPS) is 22.4. The van der Waals surface area contributed by atoms with Gasteiger partial charge in [0.05, 0.1) is 18.7 Å². The van der Waals surface area contributed by atoms with Crippen LogP contribution in [0.2, 0.25) is 0 Å². The Balaban J connectivity index is 0.00000242. The lowest BCUT2D eigenvalue weighted by Gasteiger charge is -2.34. The Morgan fingerprint density at radius 3 is 2.77 bits per heavy atom. The number of hydrogen-bond donors (Lipinski definition) is 2. The second-order valence-electron chi connectivity index (χ2n) is 5.80. The molecule has 0 aliphatic carbocycles. The number of halogens is 2. The zero-order chi connectivity index (χ0) is 15.5. The summed E-state index contributed by atoms with van der Waals surface area (Å²) in [6.07, 6.45) is 2.94. The molecule has 1 saturated heterocycles. The highest BCUT2D eigenvalue weighted by molar-refractivity contribution is 5.86. The topological polar surface area (TPSA) is 50.4 Å². The molecule has 1 aliphatic rings. The highest BCUT2D eigenvalue weighted by Gasteiger charge is 2.35. The Bertz CT molecular complexity index is 519. The maximum Gasteiger partial charge on any atom is 0.240 e. The quantitative estimate of drug-likeness (QED) is 0.892. The van der Waals surface area contributed by atoms with Crippen LogP contribution in [-0.4, -0.2) is 25.1 Å². The fourth-order valence-electron chi connectivity index (χ4n) is 2.73. The molecule has 0 radical (unpaired) electrons. The van der Waals surface area contributed by atoms with E-state index in [4.69, 9.17) is 4.74 Å². The van der Waals surface area contributed by atoms with E-state index in [9.17, 15) is 9.18 Å². The summed E-state index contributed by atoms with van der Waals surface area (Å²) < 4.78 is 18.7. The van der Waals surface area contributed by atoms with Gasteiger partial charge in [0.25, 0.3) is 0 Å². The lowest BCUT2D eigenvalue weighted by molar-refractivity contribution is -0.128. The predicted molar refractivity (Wildman–Crippen MR) is 87.0 cm³/mol. The summed E-state index contributed by atoms with van der Waals surface area (Å²) in [6.45, 7) is 4.60. The van der Waals surface area contributed by atoms with E-state index in [1.807, 2.05) is 13.8 Å². The summed E-state index contributed by atoms with van der Waals surface area (Å²) in [7, 11) is 1.54. The fraction of sp³-hybridized carbons (Fsp3) is 0.562. The second kappa shape index (κ2) is 7.79. The number of benzene rings is 1. The summed E-state index contributed by atoms with van der Waals surface area (Å²) >= 11 is 0. The van der Waals surface area contributed by atoms with Crippen LogP contribution in [0.4, 0.5) is 4.39 Å². The molecule has 0 saturated carbocycles. The first-order valence-corrected chi connectivity index (χ1v) is 7.36. The van der Waals surface area contributed by atoms with Crippen molar-refractivity contribution in [2.75, 3.05) is 13.7 Å². The molecule has 0 bridgehead atoms. The van der Waals surface area contributed by atoms with Crippen molar-refractivity contribution in [1.29, 1.82) is 0 Å². The third-order valence-corrected chi connectivity index (χ3v) is 4.13. The predicted octanol–water partition coefficient (Wildman–Crippen LogP) is 2.97. The van der Waals surface area contributed by atoms with Crippen LogP contribution in [0.3, 0.4) is 0 Å². The van der Waals surface area contributed by atoms with Gasteiger partial charge < -0.3 is 15.4 Å². The molecule has 22 heavy (non-hydrogen) atoms. The van der Waals surface area contributed by atoms with Crippen LogP contribution in [0.15, 0.2) is 18.2 Å². The minimum absolute atomic E-state index is 0. The van der Waals surface area contributed by atoms with Crippen molar-refractivity contribution in [3.8, 4) is 5.75 Å². The number of rotatable bonds is 4. The van der Waals surface area contributed by atoms with Gasteiger partial charge in [-0.05, 0) is 57.9 Å². The van der Waals surface area contributed by atoms with Crippen molar-refractivity contribution in [1.82, 2.24) is 10.6 Å². The number of carbonyl (C=O) groups excluding carboxylic acids is 1. The van der Waals surface area contributed by atoms with Crippen LogP contribution in [0.25, 0.3) is 0 Å². The molecule has 6 heteroatoms. The van der Waals surface area contributed by atoms with Crippen molar-refractivity contribution >= 4 is 18.3 Å². The zero-order valence-electron chi connectivity index (χ0n) is 13.2. The molecule has 1 aliphatic heterocycles. The van der Waals surface area contributed by atoms with Gasteiger partial charge in [0, 0.05) is 5.56 Å². The minimum atomic E-state index is -0.549. The van der Waals surface area contributed by atoms with E-state index < -0.39 is 5.54 Å². The van der Waals surface area contributed by atoms with Gasteiger partial charge in [0.1, 0.15) is 11.6 Å². The fourth-order valence-corrected chi connectivity index (χ4v) is 2.73. The van der Waals surface area contributed by atoms with Crippen LogP contribution in [0.5, 0.6) is 5.75 Å². The van der Waals surface area contributed by atoms with Gasteiger partial charge in [0.15, 0.2) is 0 Å². The van der Waals surface area contributed by atoms with Gasteiger partial charge in [-0.3, -0.25) is 4.79 Å². The van der Waals surface area contributed by atoms with Crippen molar-refractivity contribution in [3.05, 3.63) is 29.6 Å². The highest BCUT2D eigenvalue weighted by atomic mass is 35.5. The van der Waals surface area contributed by atoms with Crippen molar-refractivity contribution in [3.63, 3.8) is 0 Å². The number of nitrogens with one attached hydrogen (secondary N) is 2. The Labute approximate surface area is 137 Å². The van der Waals surface area contributed by atoms with Crippen LogP contribution in [-0.2, 0) is 4.79 Å². The summed E-state index contributed by atoms with van der Waals surface area (Å²) in [5.74, 6) is 0.181. The first kappa shape index (κ1) is 18.7. The molecule has 1 fully saturated rings. The molecule has 0 spiro atoms. The lowest BCUT2D eigenvalue weighted by Crippen LogP contribution is -2.57. The van der Waals surface area contributed by atoms with Gasteiger partial charge in [-0.15, -0.1) is 12.4 Å². The maximum atomic E-state index is 13.4.